The van der Waals surface area contributed by atoms with Gasteiger partial charge in [0.25, 0.3) is 5.56 Å². The quantitative estimate of drug-likeness (QED) is 0.302. The van der Waals surface area contributed by atoms with Gasteiger partial charge < -0.3 is 19.9 Å². The normalized spacial score (nSPS) is 19.6. The van der Waals surface area contributed by atoms with E-state index in [1.54, 1.807) is 31.4 Å². The van der Waals surface area contributed by atoms with Crippen molar-refractivity contribution in [3.8, 4) is 0 Å². The summed E-state index contributed by atoms with van der Waals surface area (Å²) in [5.74, 6) is -0.422. The van der Waals surface area contributed by atoms with Crippen molar-refractivity contribution in [2.45, 2.75) is 48.4 Å². The van der Waals surface area contributed by atoms with Crippen LogP contribution in [0.1, 0.15) is 48.4 Å². The monoisotopic (exact) mass is 600 g/mol. The zero-order valence-electron chi connectivity index (χ0n) is 23.8. The average Bonchev–Trinajstić information content (AvgIpc) is 3.85. The van der Waals surface area contributed by atoms with Crippen LogP contribution in [0.5, 0.6) is 0 Å². The van der Waals surface area contributed by atoms with Crippen LogP contribution in [0, 0.1) is 0 Å². The third kappa shape index (κ3) is 5.85. The summed E-state index contributed by atoms with van der Waals surface area (Å²) in [7, 11) is -1.98. The predicted octanol–water partition coefficient (Wildman–Crippen LogP) is 4.94. The minimum absolute atomic E-state index is 0.0185. The van der Waals surface area contributed by atoms with Crippen molar-refractivity contribution in [2.75, 3.05) is 24.3 Å². The number of H-pyrrole nitrogens is 1. The molecule has 4 bridgehead atoms. The van der Waals surface area contributed by atoms with Crippen LogP contribution in [0.4, 0.5) is 16.2 Å². The first-order valence-corrected chi connectivity index (χ1v) is 15.7. The average molecular weight is 601 g/mol. The number of rotatable bonds is 4. The number of hydrogen-bond donors (Lipinski definition) is 3. The molecule has 1 aliphatic carbocycles. The molecule has 222 valence electrons. The van der Waals surface area contributed by atoms with Gasteiger partial charge in [-0.25, -0.2) is 13.2 Å². The molecule has 0 unspecified atom stereocenters. The van der Waals surface area contributed by atoms with Crippen LogP contribution in [-0.4, -0.2) is 49.2 Å². The van der Waals surface area contributed by atoms with Gasteiger partial charge in [-0.05, 0) is 71.3 Å². The SMILES string of the molecule is C[C@H]1COC(=O)Nc2ccc(S(=O)(=O)C3CC3)c(c2)CN(C)C(=O)[C@H](Nc2ccc3cc[nH]c(=O)c3c2)c2ccc1cc2. The second-order valence-electron chi connectivity index (χ2n) is 11.2. The van der Waals surface area contributed by atoms with E-state index in [0.29, 0.717) is 40.7 Å². The number of carbonyl (C=O) groups is 2. The fourth-order valence-corrected chi connectivity index (χ4v) is 7.23. The van der Waals surface area contributed by atoms with E-state index in [2.05, 4.69) is 15.6 Å². The van der Waals surface area contributed by atoms with E-state index in [4.69, 9.17) is 4.74 Å². The Balaban J connectivity index is 1.41. The van der Waals surface area contributed by atoms with Crippen LogP contribution in [-0.2, 0) is 25.9 Å². The Morgan fingerprint density at radius 2 is 1.67 bits per heavy atom. The zero-order chi connectivity index (χ0) is 30.3. The molecule has 3 N–H and O–H groups in total. The lowest BCUT2D eigenvalue weighted by Gasteiger charge is -2.27. The van der Waals surface area contributed by atoms with Crippen molar-refractivity contribution < 1.29 is 22.7 Å². The van der Waals surface area contributed by atoms with E-state index in [1.165, 1.54) is 17.0 Å². The van der Waals surface area contributed by atoms with E-state index in [-0.39, 0.29) is 35.4 Å². The minimum Gasteiger partial charge on any atom is -0.449 e. The number of likely N-dealkylation sites (N-methyl/N-ethyl adjacent to an activating group) is 1. The third-order valence-corrected chi connectivity index (χ3v) is 10.4. The van der Waals surface area contributed by atoms with Crippen LogP contribution in [0.2, 0.25) is 0 Å². The maximum absolute atomic E-state index is 14.1. The van der Waals surface area contributed by atoms with E-state index < -0.39 is 27.2 Å². The molecule has 3 heterocycles. The second kappa shape index (κ2) is 11.2. The summed E-state index contributed by atoms with van der Waals surface area (Å²) >= 11 is 0. The van der Waals surface area contributed by atoms with Crippen molar-refractivity contribution in [1.29, 1.82) is 0 Å². The van der Waals surface area contributed by atoms with Gasteiger partial charge in [0, 0.05) is 42.5 Å². The summed E-state index contributed by atoms with van der Waals surface area (Å²) in [6.45, 7) is 2.04. The van der Waals surface area contributed by atoms with Gasteiger partial charge in [-0.3, -0.25) is 14.9 Å². The molecule has 3 aliphatic rings. The lowest BCUT2D eigenvalue weighted by Crippen LogP contribution is -2.35. The number of carbonyl (C=O) groups excluding carboxylic acids is 2. The number of aromatic nitrogens is 1. The number of anilines is 2. The van der Waals surface area contributed by atoms with Gasteiger partial charge in [-0.1, -0.05) is 37.3 Å². The Hall–Kier alpha value is -4.64. The van der Waals surface area contributed by atoms with Gasteiger partial charge >= 0.3 is 6.09 Å². The fraction of sp³-hybridized carbons (Fsp3) is 0.281. The summed E-state index contributed by atoms with van der Waals surface area (Å²) in [6, 6.07) is 18.4. The van der Waals surface area contributed by atoms with Gasteiger partial charge in [-0.2, -0.15) is 0 Å². The highest BCUT2D eigenvalue weighted by Gasteiger charge is 2.38. The molecule has 1 saturated carbocycles. The van der Waals surface area contributed by atoms with Crippen LogP contribution in [0.25, 0.3) is 10.8 Å². The van der Waals surface area contributed by atoms with Crippen LogP contribution < -0.4 is 16.2 Å². The molecule has 1 aromatic heterocycles. The fourth-order valence-electron chi connectivity index (χ4n) is 5.37. The Kier molecular flexibility index (Phi) is 7.43. The molecule has 2 atom stereocenters. The number of nitrogens with one attached hydrogen (secondary N) is 3. The van der Waals surface area contributed by atoms with Crippen molar-refractivity contribution in [3.05, 3.63) is 100.0 Å². The molecule has 7 rings (SSSR count). The lowest BCUT2D eigenvalue weighted by atomic mass is 9.97. The summed E-state index contributed by atoms with van der Waals surface area (Å²) in [5, 5.41) is 6.81. The number of sulfone groups is 1. The van der Waals surface area contributed by atoms with Crippen LogP contribution in [0.3, 0.4) is 0 Å². The van der Waals surface area contributed by atoms with Gasteiger partial charge in [0.1, 0.15) is 6.04 Å². The van der Waals surface area contributed by atoms with Crippen molar-refractivity contribution in [2.24, 2.45) is 0 Å². The van der Waals surface area contributed by atoms with Crippen molar-refractivity contribution in [1.82, 2.24) is 9.88 Å². The number of pyridine rings is 1. The summed E-state index contributed by atoms with van der Waals surface area (Å²) in [6.07, 6.45) is 2.13. The standard InChI is InChI=1S/C32H32N4O6S/c1-19-18-42-32(39)35-24-9-12-28(43(40,41)26-10-11-26)23(15-24)17-36(2)31(38)29(22-5-3-20(19)4-6-22)34-25-8-7-21-13-14-33-30(37)27(21)16-25/h3-9,12-16,19,26,29,34H,10-11,17-18H2,1-2H3,(H,33,37)(H,35,39)/t19-,29+/m0/s1. The Labute approximate surface area is 249 Å². The zero-order valence-corrected chi connectivity index (χ0v) is 24.6. The summed E-state index contributed by atoms with van der Waals surface area (Å²) in [5.41, 5.74) is 2.72. The number of nitrogens with zero attached hydrogens (tertiary/aromatic N) is 1. The number of fused-ring (bicyclic) bond motifs is 10. The first-order chi connectivity index (χ1) is 20.6. The molecule has 0 saturated heterocycles. The van der Waals surface area contributed by atoms with E-state index in [0.717, 1.165) is 10.9 Å². The molecular weight excluding hydrogens is 568 g/mol. The Morgan fingerprint density at radius 3 is 2.42 bits per heavy atom. The van der Waals surface area contributed by atoms with Gasteiger partial charge in [0.05, 0.1) is 16.8 Å². The lowest BCUT2D eigenvalue weighted by molar-refractivity contribution is -0.131. The third-order valence-electron chi connectivity index (χ3n) is 8.00. The smallest absolute Gasteiger partial charge is 0.411 e. The number of ether oxygens (including phenoxy) is 1. The maximum Gasteiger partial charge on any atom is 0.411 e. The minimum atomic E-state index is -3.60. The molecule has 43 heavy (non-hydrogen) atoms. The number of aromatic amines is 1. The molecule has 1 fully saturated rings. The first kappa shape index (κ1) is 28.5. The molecule has 11 heteroatoms. The van der Waals surface area contributed by atoms with Crippen LogP contribution >= 0.6 is 0 Å². The topological polar surface area (TPSA) is 138 Å². The predicted molar refractivity (Wildman–Crippen MR) is 164 cm³/mol. The first-order valence-electron chi connectivity index (χ1n) is 14.1. The second-order valence-corrected chi connectivity index (χ2v) is 13.4. The highest BCUT2D eigenvalue weighted by atomic mass is 32.2. The molecule has 2 amide bonds. The molecule has 4 aromatic rings. The van der Waals surface area contributed by atoms with Gasteiger partial charge in [-0.15, -0.1) is 0 Å². The Morgan fingerprint density at radius 1 is 0.930 bits per heavy atom. The van der Waals surface area contributed by atoms with Gasteiger partial charge in [0.15, 0.2) is 9.84 Å². The molecule has 2 aliphatic heterocycles. The number of hydrogen-bond acceptors (Lipinski definition) is 7. The van der Waals surface area contributed by atoms with Crippen LogP contribution in [0.15, 0.2) is 82.6 Å². The number of benzene rings is 3. The summed E-state index contributed by atoms with van der Waals surface area (Å²) < 4.78 is 32.1. The van der Waals surface area contributed by atoms with Crippen molar-refractivity contribution in [3.63, 3.8) is 0 Å². The van der Waals surface area contributed by atoms with E-state index in [1.807, 2.05) is 43.3 Å². The highest BCUT2D eigenvalue weighted by Crippen LogP contribution is 2.36. The molecule has 0 radical (unpaired) electrons. The number of amides is 2. The van der Waals surface area contributed by atoms with E-state index in [9.17, 15) is 22.8 Å². The maximum atomic E-state index is 14.1. The van der Waals surface area contributed by atoms with Crippen molar-refractivity contribution >= 4 is 44.0 Å². The van der Waals surface area contributed by atoms with Gasteiger partial charge in [0.2, 0.25) is 5.91 Å². The largest absolute Gasteiger partial charge is 0.449 e. The molecule has 10 nitrogen and oxygen atoms in total. The highest BCUT2D eigenvalue weighted by molar-refractivity contribution is 7.92. The summed E-state index contributed by atoms with van der Waals surface area (Å²) in [4.78, 5) is 43.5. The van der Waals surface area contributed by atoms with E-state index >= 15 is 0 Å². The molecular formula is C32H32N4O6S. The Bertz CT molecular complexity index is 1880. The molecule has 0 spiro atoms. The molecule has 3 aromatic carbocycles.